The van der Waals surface area contributed by atoms with Gasteiger partial charge in [0.15, 0.2) is 0 Å². The summed E-state index contributed by atoms with van der Waals surface area (Å²) >= 11 is 0. The van der Waals surface area contributed by atoms with Crippen LogP contribution in [0.1, 0.15) is 0 Å². The van der Waals surface area contributed by atoms with Gasteiger partial charge in [0, 0.05) is 6.66 Å². The van der Waals surface area contributed by atoms with Crippen LogP contribution in [0.5, 0.6) is 0 Å². The zero-order valence-electron chi connectivity index (χ0n) is 4.88. The van der Waals surface area contributed by atoms with E-state index in [1.54, 1.807) is 14.1 Å². The molecule has 0 radical (unpaired) electrons. The van der Waals surface area contributed by atoms with Crippen LogP contribution in [-0.4, -0.2) is 25.4 Å². The standard InChI is InChI=1S/C3H11N2OP/c1-5(2)7(3,4)6/h1-3H3,(H2,4,6). The molecule has 0 aromatic carbocycles. The van der Waals surface area contributed by atoms with Gasteiger partial charge in [0.1, 0.15) is 0 Å². The minimum absolute atomic E-state index is 1.52. The van der Waals surface area contributed by atoms with E-state index in [1.807, 2.05) is 0 Å². The van der Waals surface area contributed by atoms with Crippen LogP contribution in [0, 0.1) is 0 Å². The molecular weight excluding hydrogens is 111 g/mol. The van der Waals surface area contributed by atoms with Crippen molar-refractivity contribution in [3.63, 3.8) is 0 Å². The van der Waals surface area contributed by atoms with Gasteiger partial charge in [-0.3, -0.25) is 10.1 Å². The van der Waals surface area contributed by atoms with Crippen molar-refractivity contribution in [1.29, 1.82) is 0 Å². The number of hydrogen-bond acceptors (Lipinski definition) is 1. The number of nitrogens with zero attached hydrogens (tertiary/aromatic N) is 1. The largest absolute Gasteiger partial charge is 0.290 e. The summed E-state index contributed by atoms with van der Waals surface area (Å²) in [6.45, 7) is 1.52. The Kier molecular flexibility index (Phi) is 1.99. The first-order valence-electron chi connectivity index (χ1n) is 1.98. The quantitative estimate of drug-likeness (QED) is 0.510. The first-order chi connectivity index (χ1) is 2.94. The Morgan fingerprint density at radius 2 is 1.71 bits per heavy atom. The molecule has 4 heteroatoms. The molecule has 0 saturated carbocycles. The van der Waals surface area contributed by atoms with Gasteiger partial charge >= 0.3 is 0 Å². The highest BCUT2D eigenvalue weighted by atomic mass is 31.2. The molecule has 0 fully saturated rings. The third-order valence-corrected chi connectivity index (χ3v) is 2.38. The van der Waals surface area contributed by atoms with E-state index in [4.69, 9.17) is 5.50 Å². The molecule has 0 bridgehead atoms. The fourth-order valence-electron chi connectivity index (χ4n) is 0. The van der Waals surface area contributed by atoms with Gasteiger partial charge < -0.3 is 0 Å². The van der Waals surface area contributed by atoms with E-state index in [-0.39, 0.29) is 0 Å². The second-order valence-corrected chi connectivity index (χ2v) is 4.48. The van der Waals surface area contributed by atoms with Crippen LogP contribution in [0.4, 0.5) is 0 Å². The van der Waals surface area contributed by atoms with Crippen molar-refractivity contribution < 1.29 is 4.57 Å². The van der Waals surface area contributed by atoms with Crippen molar-refractivity contribution in [3.8, 4) is 0 Å². The molecule has 0 heterocycles. The van der Waals surface area contributed by atoms with Gasteiger partial charge in [-0.1, -0.05) is 0 Å². The summed E-state index contributed by atoms with van der Waals surface area (Å²) in [7, 11) is 0.986. The summed E-state index contributed by atoms with van der Waals surface area (Å²) in [5.74, 6) is 0. The molecule has 0 aliphatic rings. The Morgan fingerprint density at radius 1 is 1.57 bits per heavy atom. The van der Waals surface area contributed by atoms with Crippen LogP contribution >= 0.6 is 7.44 Å². The highest BCUT2D eigenvalue weighted by Crippen LogP contribution is 2.31. The number of rotatable bonds is 1. The Labute approximate surface area is 44.0 Å². The topological polar surface area (TPSA) is 46.3 Å². The van der Waals surface area contributed by atoms with Gasteiger partial charge in [0.2, 0.25) is 7.44 Å². The van der Waals surface area contributed by atoms with Crippen molar-refractivity contribution in [3.05, 3.63) is 0 Å². The molecule has 1 unspecified atom stereocenters. The monoisotopic (exact) mass is 122 g/mol. The highest BCUT2D eigenvalue weighted by molar-refractivity contribution is 7.58. The predicted molar refractivity (Wildman–Crippen MR) is 31.4 cm³/mol. The number of hydrogen-bond donors (Lipinski definition) is 1. The minimum atomic E-state index is -2.40. The van der Waals surface area contributed by atoms with Gasteiger partial charge in [0.05, 0.1) is 0 Å². The molecule has 0 aliphatic heterocycles. The Hall–Kier alpha value is 0.150. The SMILES string of the molecule is CN(C)P(C)(N)=O. The Bertz CT molecular complexity index is 95.1. The van der Waals surface area contributed by atoms with Crippen molar-refractivity contribution >= 4 is 7.44 Å². The van der Waals surface area contributed by atoms with Gasteiger partial charge in [-0.2, -0.15) is 0 Å². The van der Waals surface area contributed by atoms with Gasteiger partial charge in [0.25, 0.3) is 0 Å². The zero-order valence-corrected chi connectivity index (χ0v) is 5.77. The first kappa shape index (κ1) is 7.15. The second kappa shape index (κ2) is 1.95. The molecule has 0 amide bonds. The van der Waals surface area contributed by atoms with Crippen molar-refractivity contribution in [1.82, 2.24) is 4.67 Å². The molecule has 7 heavy (non-hydrogen) atoms. The summed E-state index contributed by atoms with van der Waals surface area (Å²) in [5.41, 5.74) is 5.16. The van der Waals surface area contributed by atoms with Crippen molar-refractivity contribution in [2.24, 2.45) is 5.50 Å². The van der Waals surface area contributed by atoms with E-state index < -0.39 is 7.44 Å². The predicted octanol–water partition coefficient (Wildman–Crippen LogP) is 0.330. The van der Waals surface area contributed by atoms with Crippen molar-refractivity contribution in [2.45, 2.75) is 0 Å². The maximum absolute atomic E-state index is 10.6. The lowest BCUT2D eigenvalue weighted by Crippen LogP contribution is -2.12. The van der Waals surface area contributed by atoms with E-state index in [0.29, 0.717) is 0 Å². The smallest absolute Gasteiger partial charge is 0.207 e. The molecule has 0 aromatic rings. The molecule has 0 saturated heterocycles. The van der Waals surface area contributed by atoms with Crippen molar-refractivity contribution in [2.75, 3.05) is 20.8 Å². The minimum Gasteiger partial charge on any atom is -0.290 e. The summed E-state index contributed by atoms with van der Waals surface area (Å²) in [6.07, 6.45) is 0. The van der Waals surface area contributed by atoms with Crippen LogP contribution in [0.25, 0.3) is 0 Å². The fraction of sp³-hybridized carbons (Fsp3) is 1.00. The normalized spacial score (nSPS) is 19.6. The van der Waals surface area contributed by atoms with Crippen LogP contribution in [0.15, 0.2) is 0 Å². The molecule has 0 spiro atoms. The van der Waals surface area contributed by atoms with Gasteiger partial charge in [-0.05, 0) is 14.1 Å². The van der Waals surface area contributed by atoms with E-state index in [0.717, 1.165) is 0 Å². The van der Waals surface area contributed by atoms with E-state index in [1.165, 1.54) is 11.3 Å². The molecule has 44 valence electrons. The average molecular weight is 122 g/mol. The summed E-state index contributed by atoms with van der Waals surface area (Å²) in [5, 5.41) is 0. The molecule has 2 N–H and O–H groups in total. The molecule has 3 nitrogen and oxygen atoms in total. The van der Waals surface area contributed by atoms with Gasteiger partial charge in [-0.15, -0.1) is 0 Å². The maximum atomic E-state index is 10.6. The fourth-order valence-corrected chi connectivity index (χ4v) is 0. The average Bonchev–Trinajstić information content (AvgIpc) is 1.31. The third kappa shape index (κ3) is 2.80. The number of nitrogens with two attached hydrogens (primary N) is 1. The second-order valence-electron chi connectivity index (χ2n) is 1.79. The highest BCUT2D eigenvalue weighted by Gasteiger charge is 2.07. The molecular formula is C3H11N2OP. The third-order valence-electron chi connectivity index (χ3n) is 0.794. The summed E-state index contributed by atoms with van der Waals surface area (Å²) in [4.78, 5) is 0. The van der Waals surface area contributed by atoms with Crippen LogP contribution in [-0.2, 0) is 4.57 Å². The zero-order chi connectivity index (χ0) is 6.08. The first-order valence-corrected chi connectivity index (χ1v) is 4.16. The summed E-state index contributed by atoms with van der Waals surface area (Å²) in [6, 6.07) is 0. The summed E-state index contributed by atoms with van der Waals surface area (Å²) < 4.78 is 12.1. The molecule has 1 atom stereocenters. The Balaban J connectivity index is 3.80. The lowest BCUT2D eigenvalue weighted by atomic mass is 11.3. The lowest BCUT2D eigenvalue weighted by molar-refractivity contribution is 0.521. The van der Waals surface area contributed by atoms with Crippen LogP contribution < -0.4 is 5.50 Å². The van der Waals surface area contributed by atoms with Gasteiger partial charge in [-0.25, -0.2) is 4.67 Å². The lowest BCUT2D eigenvalue weighted by Gasteiger charge is -2.13. The molecule has 0 rings (SSSR count). The van der Waals surface area contributed by atoms with E-state index >= 15 is 0 Å². The molecule has 0 aromatic heterocycles. The van der Waals surface area contributed by atoms with E-state index in [2.05, 4.69) is 0 Å². The maximum Gasteiger partial charge on any atom is 0.207 e. The Morgan fingerprint density at radius 3 is 1.71 bits per heavy atom. The molecule has 0 aliphatic carbocycles. The van der Waals surface area contributed by atoms with Crippen LogP contribution in [0.3, 0.4) is 0 Å². The van der Waals surface area contributed by atoms with E-state index in [9.17, 15) is 4.57 Å². The van der Waals surface area contributed by atoms with Crippen LogP contribution in [0.2, 0.25) is 0 Å².